The Hall–Kier alpha value is -3.42. The number of fused-ring (bicyclic) bond motifs is 3. The lowest BCUT2D eigenvalue weighted by atomic mass is 9.82. The molecule has 3 aromatic rings. The molecular formula is C25H28N4O4. The Morgan fingerprint density at radius 1 is 1.09 bits per heavy atom. The molecule has 1 amide bonds. The van der Waals surface area contributed by atoms with Crippen molar-refractivity contribution in [1.29, 1.82) is 0 Å². The first-order valence-electron chi connectivity index (χ1n) is 11.2. The molecule has 1 spiro atoms. The molecule has 2 aromatic heterocycles. The van der Waals surface area contributed by atoms with Crippen molar-refractivity contribution in [3.8, 4) is 11.3 Å². The second-order valence-corrected chi connectivity index (χ2v) is 9.94. The fourth-order valence-corrected chi connectivity index (χ4v) is 4.89. The number of esters is 1. The summed E-state index contributed by atoms with van der Waals surface area (Å²) in [5.74, 6) is -0.374. The number of hydrogen-bond donors (Lipinski definition) is 0. The van der Waals surface area contributed by atoms with Gasteiger partial charge in [0, 0.05) is 47.9 Å². The van der Waals surface area contributed by atoms with Gasteiger partial charge in [-0.2, -0.15) is 5.10 Å². The van der Waals surface area contributed by atoms with Crippen LogP contribution in [-0.4, -0.2) is 57.5 Å². The molecule has 8 nitrogen and oxygen atoms in total. The largest absolute Gasteiger partial charge is 0.465 e. The standard InChI is InChI=1S/C25H28N4O4/c1-24(2,3)33-23(31)28-9-7-25(15-28)8-10-29-21(25)13-20(27-29)18-12-17-11-16(22(30)32-4)5-6-19(17)26-14-18/h5-6,11-14H,7-10,15H2,1-4H3. The van der Waals surface area contributed by atoms with Gasteiger partial charge in [0.15, 0.2) is 0 Å². The van der Waals surface area contributed by atoms with Gasteiger partial charge >= 0.3 is 12.1 Å². The van der Waals surface area contributed by atoms with Gasteiger partial charge < -0.3 is 14.4 Å². The summed E-state index contributed by atoms with van der Waals surface area (Å²) < 4.78 is 12.5. The molecule has 0 saturated carbocycles. The molecule has 4 heterocycles. The van der Waals surface area contributed by atoms with E-state index in [1.165, 1.54) is 7.11 Å². The van der Waals surface area contributed by atoms with E-state index in [-0.39, 0.29) is 17.5 Å². The molecule has 1 aromatic carbocycles. The summed E-state index contributed by atoms with van der Waals surface area (Å²) in [4.78, 5) is 30.9. The minimum Gasteiger partial charge on any atom is -0.465 e. The Morgan fingerprint density at radius 3 is 2.64 bits per heavy atom. The zero-order valence-electron chi connectivity index (χ0n) is 19.4. The van der Waals surface area contributed by atoms with Crippen molar-refractivity contribution in [2.75, 3.05) is 20.2 Å². The van der Waals surface area contributed by atoms with E-state index in [9.17, 15) is 9.59 Å². The number of aryl methyl sites for hydroxylation is 1. The third-order valence-corrected chi connectivity index (χ3v) is 6.53. The van der Waals surface area contributed by atoms with Crippen molar-refractivity contribution < 1.29 is 19.1 Å². The van der Waals surface area contributed by atoms with Gasteiger partial charge in [0.1, 0.15) is 5.60 Å². The fraction of sp³-hybridized carbons (Fsp3) is 0.440. The minimum absolute atomic E-state index is 0.0928. The van der Waals surface area contributed by atoms with E-state index in [0.717, 1.165) is 47.2 Å². The Morgan fingerprint density at radius 2 is 1.88 bits per heavy atom. The molecule has 1 saturated heterocycles. The zero-order chi connectivity index (χ0) is 23.4. The maximum atomic E-state index is 12.6. The van der Waals surface area contributed by atoms with Crippen LogP contribution in [0.2, 0.25) is 0 Å². The molecule has 1 atom stereocenters. The summed E-state index contributed by atoms with van der Waals surface area (Å²) in [5.41, 5.74) is 3.59. The van der Waals surface area contributed by atoms with Crippen molar-refractivity contribution >= 4 is 23.0 Å². The molecule has 33 heavy (non-hydrogen) atoms. The van der Waals surface area contributed by atoms with Crippen molar-refractivity contribution in [2.45, 2.75) is 51.2 Å². The average molecular weight is 449 g/mol. The molecular weight excluding hydrogens is 420 g/mol. The molecule has 1 fully saturated rings. The first kappa shape index (κ1) is 21.4. The van der Waals surface area contributed by atoms with Gasteiger partial charge in [-0.25, -0.2) is 9.59 Å². The van der Waals surface area contributed by atoms with Gasteiger partial charge in [0.25, 0.3) is 0 Å². The number of benzene rings is 1. The summed E-state index contributed by atoms with van der Waals surface area (Å²) >= 11 is 0. The third kappa shape index (κ3) is 3.83. The Kier molecular flexibility index (Phi) is 4.92. The SMILES string of the molecule is COC(=O)c1ccc2ncc(-c3cc4n(n3)CCC43CCN(C(=O)OC(C)(C)C)C3)cc2c1. The first-order valence-corrected chi connectivity index (χ1v) is 11.2. The number of nitrogens with zero attached hydrogens (tertiary/aromatic N) is 4. The highest BCUT2D eigenvalue weighted by Crippen LogP contribution is 2.44. The third-order valence-electron chi connectivity index (χ3n) is 6.53. The predicted octanol–water partition coefficient (Wildman–Crippen LogP) is 4.17. The minimum atomic E-state index is -0.506. The van der Waals surface area contributed by atoms with Crippen LogP contribution >= 0.6 is 0 Å². The smallest absolute Gasteiger partial charge is 0.410 e. The van der Waals surface area contributed by atoms with E-state index >= 15 is 0 Å². The summed E-state index contributed by atoms with van der Waals surface area (Å²) in [6, 6.07) is 9.45. The van der Waals surface area contributed by atoms with Crippen LogP contribution in [0.15, 0.2) is 36.5 Å². The molecule has 1 unspecified atom stereocenters. The normalized spacial score (nSPS) is 19.8. The number of rotatable bonds is 2. The molecule has 5 rings (SSSR count). The van der Waals surface area contributed by atoms with Gasteiger partial charge in [0.2, 0.25) is 0 Å². The van der Waals surface area contributed by atoms with Crippen LogP contribution in [0.1, 0.15) is 49.7 Å². The van der Waals surface area contributed by atoms with Gasteiger partial charge in [-0.1, -0.05) is 0 Å². The Bertz CT molecular complexity index is 1260. The number of carbonyl (C=O) groups excluding carboxylic acids is 2. The van der Waals surface area contributed by atoms with Crippen molar-refractivity contribution in [2.24, 2.45) is 0 Å². The number of amides is 1. The van der Waals surface area contributed by atoms with Crippen molar-refractivity contribution in [3.63, 3.8) is 0 Å². The maximum Gasteiger partial charge on any atom is 0.410 e. The Labute approximate surface area is 192 Å². The molecule has 8 heteroatoms. The monoisotopic (exact) mass is 448 g/mol. The lowest BCUT2D eigenvalue weighted by Gasteiger charge is -2.26. The summed E-state index contributed by atoms with van der Waals surface area (Å²) in [7, 11) is 1.37. The van der Waals surface area contributed by atoms with Gasteiger partial charge in [-0.15, -0.1) is 0 Å². The van der Waals surface area contributed by atoms with Crippen LogP contribution < -0.4 is 0 Å². The van der Waals surface area contributed by atoms with E-state index in [1.807, 2.05) is 44.0 Å². The predicted molar refractivity (Wildman–Crippen MR) is 123 cm³/mol. The second kappa shape index (κ2) is 7.57. The van der Waals surface area contributed by atoms with Gasteiger partial charge in [0.05, 0.1) is 23.9 Å². The number of likely N-dealkylation sites (tertiary alicyclic amines) is 1. The zero-order valence-corrected chi connectivity index (χ0v) is 19.4. The van der Waals surface area contributed by atoms with Crippen LogP contribution in [0.5, 0.6) is 0 Å². The van der Waals surface area contributed by atoms with Crippen LogP contribution in [0.25, 0.3) is 22.2 Å². The molecule has 172 valence electrons. The number of pyridine rings is 1. The highest BCUT2D eigenvalue weighted by molar-refractivity contribution is 5.95. The second-order valence-electron chi connectivity index (χ2n) is 9.94. The number of methoxy groups -OCH3 is 1. The fourth-order valence-electron chi connectivity index (χ4n) is 4.89. The topological polar surface area (TPSA) is 86.5 Å². The molecule has 0 aliphatic carbocycles. The van der Waals surface area contributed by atoms with E-state index < -0.39 is 5.60 Å². The maximum absolute atomic E-state index is 12.6. The van der Waals surface area contributed by atoms with Crippen LogP contribution in [-0.2, 0) is 21.4 Å². The molecule has 0 bridgehead atoms. The lowest BCUT2D eigenvalue weighted by Crippen LogP contribution is -2.37. The summed E-state index contributed by atoms with van der Waals surface area (Å²) in [6.45, 7) is 7.82. The van der Waals surface area contributed by atoms with Crippen molar-refractivity contribution in [1.82, 2.24) is 19.7 Å². The molecule has 2 aliphatic rings. The number of hydrogen-bond acceptors (Lipinski definition) is 6. The van der Waals surface area contributed by atoms with Crippen molar-refractivity contribution in [3.05, 3.63) is 47.8 Å². The number of ether oxygens (including phenoxy) is 2. The molecule has 0 N–H and O–H groups in total. The van der Waals surface area contributed by atoms with Crippen LogP contribution in [0.4, 0.5) is 4.79 Å². The molecule has 0 radical (unpaired) electrons. The summed E-state index contributed by atoms with van der Waals surface area (Å²) in [5, 5.41) is 5.70. The van der Waals surface area contributed by atoms with E-state index in [2.05, 4.69) is 15.7 Å². The highest BCUT2D eigenvalue weighted by atomic mass is 16.6. The van der Waals surface area contributed by atoms with E-state index in [0.29, 0.717) is 18.7 Å². The van der Waals surface area contributed by atoms with Gasteiger partial charge in [-0.3, -0.25) is 9.67 Å². The summed E-state index contributed by atoms with van der Waals surface area (Å²) in [6.07, 6.45) is 3.42. The quantitative estimate of drug-likeness (QED) is 0.547. The number of carbonyl (C=O) groups is 2. The van der Waals surface area contributed by atoms with Gasteiger partial charge in [-0.05, 0) is 63.9 Å². The van der Waals surface area contributed by atoms with Crippen LogP contribution in [0, 0.1) is 0 Å². The van der Waals surface area contributed by atoms with E-state index in [4.69, 9.17) is 14.6 Å². The molecule has 2 aliphatic heterocycles. The van der Waals surface area contributed by atoms with Crippen LogP contribution in [0.3, 0.4) is 0 Å². The first-order chi connectivity index (χ1) is 15.7. The number of aromatic nitrogens is 3. The lowest BCUT2D eigenvalue weighted by molar-refractivity contribution is 0.0284. The highest BCUT2D eigenvalue weighted by Gasteiger charge is 2.47. The van der Waals surface area contributed by atoms with E-state index in [1.54, 1.807) is 12.1 Å². The Balaban J connectivity index is 1.42. The average Bonchev–Trinajstić information content (AvgIpc) is 3.48.